The van der Waals surface area contributed by atoms with Crippen molar-refractivity contribution in [3.8, 4) is 0 Å². The van der Waals surface area contributed by atoms with Crippen LogP contribution in [0.25, 0.3) is 0 Å². The van der Waals surface area contributed by atoms with Gasteiger partial charge in [-0.2, -0.15) is 0 Å². The Bertz CT molecular complexity index is 1300. The van der Waals surface area contributed by atoms with Gasteiger partial charge < -0.3 is 4.74 Å². The minimum Gasteiger partial charge on any atom is -0.468 e. The van der Waals surface area contributed by atoms with Crippen molar-refractivity contribution in [1.29, 1.82) is 0 Å². The number of anilines is 2. The van der Waals surface area contributed by atoms with Crippen molar-refractivity contribution in [2.24, 2.45) is 0 Å². The molecule has 0 radical (unpaired) electrons. The number of ether oxygens (including phenoxy) is 1. The molecule has 0 unspecified atom stereocenters. The number of rotatable bonds is 9. The molecule has 0 aliphatic heterocycles. The molecule has 0 bridgehead atoms. The number of nitrogens with zero attached hydrogens (tertiary/aromatic N) is 3. The van der Waals surface area contributed by atoms with Crippen LogP contribution < -0.4 is 9.62 Å². The van der Waals surface area contributed by atoms with Gasteiger partial charge in [0.25, 0.3) is 10.0 Å². The van der Waals surface area contributed by atoms with E-state index >= 15 is 0 Å². The van der Waals surface area contributed by atoms with Crippen LogP contribution in [0, 0.1) is 6.92 Å². The number of aryl methyl sites for hydroxylation is 1. The SMILES string of the molecule is COC(=O)CSc1nnc(NC(=O)CN(c2cccc(Cl)c2Cl)S(=O)(=O)c2ccc(C)cc2)s1. The van der Waals surface area contributed by atoms with E-state index in [1.807, 2.05) is 6.92 Å². The van der Waals surface area contributed by atoms with Gasteiger partial charge in [-0.3, -0.25) is 19.2 Å². The summed E-state index contributed by atoms with van der Waals surface area (Å²) in [5.74, 6) is -1.07. The fourth-order valence-electron chi connectivity index (χ4n) is 2.61. The number of esters is 1. The molecule has 180 valence electrons. The second-order valence-corrected chi connectivity index (χ2v) is 11.5. The van der Waals surface area contributed by atoms with Crippen molar-refractivity contribution in [2.75, 3.05) is 29.0 Å². The molecular weight excluding hydrogens is 543 g/mol. The normalized spacial score (nSPS) is 11.2. The van der Waals surface area contributed by atoms with Crippen LogP contribution in [0.1, 0.15) is 5.56 Å². The van der Waals surface area contributed by atoms with E-state index in [1.165, 1.54) is 37.4 Å². The van der Waals surface area contributed by atoms with Crippen LogP contribution in [-0.4, -0.2) is 49.9 Å². The molecule has 1 aromatic heterocycles. The number of sulfonamides is 1. The number of nitrogens with one attached hydrogen (secondary N) is 1. The molecule has 1 amide bonds. The van der Waals surface area contributed by atoms with E-state index in [0.29, 0.717) is 4.34 Å². The second-order valence-electron chi connectivity index (χ2n) is 6.68. The van der Waals surface area contributed by atoms with Gasteiger partial charge in [-0.05, 0) is 31.2 Å². The number of carbonyl (C=O) groups excluding carboxylic acids is 2. The van der Waals surface area contributed by atoms with Gasteiger partial charge in [-0.25, -0.2) is 8.42 Å². The van der Waals surface area contributed by atoms with Crippen molar-refractivity contribution >= 4 is 79.0 Å². The van der Waals surface area contributed by atoms with Crippen LogP contribution in [0.4, 0.5) is 10.8 Å². The fraction of sp³-hybridized carbons (Fsp3) is 0.200. The molecule has 14 heteroatoms. The number of carbonyl (C=O) groups is 2. The standard InChI is InChI=1S/C20H18Cl2N4O5S3/c1-12-6-8-13(9-7-12)34(29,30)26(15-5-3-4-14(21)18(15)22)10-16(27)23-19-24-25-20(33-19)32-11-17(28)31-2/h3-9H,10-11H2,1-2H3,(H,23,24,27). The van der Waals surface area contributed by atoms with Crippen molar-refractivity contribution in [3.05, 3.63) is 58.1 Å². The molecule has 2 aromatic carbocycles. The topological polar surface area (TPSA) is 119 Å². The molecule has 3 aromatic rings. The third-order valence-corrected chi connectivity index (χ3v) is 8.82. The van der Waals surface area contributed by atoms with E-state index in [4.69, 9.17) is 23.2 Å². The first kappa shape index (κ1) is 26.2. The predicted molar refractivity (Wildman–Crippen MR) is 133 cm³/mol. The maximum Gasteiger partial charge on any atom is 0.316 e. The van der Waals surface area contributed by atoms with Gasteiger partial charge in [0.15, 0.2) is 4.34 Å². The summed E-state index contributed by atoms with van der Waals surface area (Å²) in [7, 11) is -2.90. The minimum atomic E-state index is -4.17. The monoisotopic (exact) mass is 560 g/mol. The van der Waals surface area contributed by atoms with Gasteiger partial charge in [-0.1, -0.05) is 70.1 Å². The summed E-state index contributed by atoms with van der Waals surface area (Å²) in [6, 6.07) is 10.7. The molecule has 0 fully saturated rings. The number of amides is 1. The van der Waals surface area contributed by atoms with Crippen LogP contribution in [-0.2, 0) is 24.3 Å². The maximum atomic E-state index is 13.4. The number of hydrogen-bond donors (Lipinski definition) is 1. The van der Waals surface area contributed by atoms with Crippen molar-refractivity contribution in [2.45, 2.75) is 16.2 Å². The molecule has 3 rings (SSSR count). The lowest BCUT2D eigenvalue weighted by Crippen LogP contribution is -2.38. The Labute approximate surface area is 214 Å². The van der Waals surface area contributed by atoms with Crippen molar-refractivity contribution in [3.63, 3.8) is 0 Å². The highest BCUT2D eigenvalue weighted by Gasteiger charge is 2.29. The highest BCUT2D eigenvalue weighted by molar-refractivity contribution is 8.01. The lowest BCUT2D eigenvalue weighted by molar-refractivity contribution is -0.137. The first-order valence-corrected chi connectivity index (χ1v) is 13.5. The quantitative estimate of drug-likeness (QED) is 0.234. The zero-order chi connectivity index (χ0) is 24.9. The van der Waals surface area contributed by atoms with Gasteiger partial charge in [0.2, 0.25) is 11.0 Å². The average molecular weight is 561 g/mol. The highest BCUT2D eigenvalue weighted by atomic mass is 35.5. The molecule has 9 nitrogen and oxygen atoms in total. The molecule has 0 aliphatic carbocycles. The molecule has 1 N–H and O–H groups in total. The van der Waals surface area contributed by atoms with E-state index in [1.54, 1.807) is 12.1 Å². The molecule has 0 saturated heterocycles. The predicted octanol–water partition coefficient (Wildman–Crippen LogP) is 4.25. The Morgan fingerprint density at radius 3 is 2.53 bits per heavy atom. The largest absolute Gasteiger partial charge is 0.468 e. The molecule has 0 saturated carbocycles. The molecule has 0 atom stereocenters. The van der Waals surface area contributed by atoms with E-state index in [-0.39, 0.29) is 31.5 Å². The smallest absolute Gasteiger partial charge is 0.316 e. The molecule has 1 heterocycles. The first-order chi connectivity index (χ1) is 16.1. The third kappa shape index (κ3) is 6.39. The molecule has 34 heavy (non-hydrogen) atoms. The summed E-state index contributed by atoms with van der Waals surface area (Å²) in [4.78, 5) is 24.1. The first-order valence-electron chi connectivity index (χ1n) is 9.48. The fourth-order valence-corrected chi connectivity index (χ4v) is 6.09. The average Bonchev–Trinajstić information content (AvgIpc) is 3.25. The van der Waals surface area contributed by atoms with Gasteiger partial charge in [0.1, 0.15) is 6.54 Å². The Kier molecular flexibility index (Phi) is 8.77. The number of hydrogen-bond acceptors (Lipinski definition) is 9. The van der Waals surface area contributed by atoms with Crippen LogP contribution in [0.15, 0.2) is 51.7 Å². The zero-order valence-corrected chi connectivity index (χ0v) is 21.8. The number of methoxy groups -OCH3 is 1. The summed E-state index contributed by atoms with van der Waals surface area (Å²) >= 11 is 14.5. The van der Waals surface area contributed by atoms with Crippen molar-refractivity contribution < 1.29 is 22.7 Å². The Morgan fingerprint density at radius 1 is 1.15 bits per heavy atom. The summed E-state index contributed by atoms with van der Waals surface area (Å²) in [6.45, 7) is 1.23. The minimum absolute atomic E-state index is 0.00920. The Morgan fingerprint density at radius 2 is 1.85 bits per heavy atom. The Hall–Kier alpha value is -2.38. The number of benzene rings is 2. The van der Waals surface area contributed by atoms with E-state index in [9.17, 15) is 18.0 Å². The highest BCUT2D eigenvalue weighted by Crippen LogP contribution is 2.35. The lowest BCUT2D eigenvalue weighted by atomic mass is 10.2. The van der Waals surface area contributed by atoms with Crippen LogP contribution in [0.3, 0.4) is 0 Å². The molecule has 0 aliphatic rings. The zero-order valence-electron chi connectivity index (χ0n) is 17.8. The number of halogens is 2. The van der Waals surface area contributed by atoms with Gasteiger partial charge in [-0.15, -0.1) is 10.2 Å². The summed E-state index contributed by atoms with van der Waals surface area (Å²) < 4.78 is 32.8. The second kappa shape index (κ2) is 11.4. The summed E-state index contributed by atoms with van der Waals surface area (Å²) in [5.41, 5.74) is 0.928. The van der Waals surface area contributed by atoms with Crippen LogP contribution >= 0.6 is 46.3 Å². The van der Waals surface area contributed by atoms with Gasteiger partial charge in [0.05, 0.1) is 33.5 Å². The third-order valence-electron chi connectivity index (χ3n) is 4.29. The molecular formula is C20H18Cl2N4O5S3. The maximum absolute atomic E-state index is 13.4. The van der Waals surface area contributed by atoms with E-state index < -0.39 is 28.4 Å². The van der Waals surface area contributed by atoms with Gasteiger partial charge in [0, 0.05) is 0 Å². The van der Waals surface area contributed by atoms with Crippen LogP contribution in [0.5, 0.6) is 0 Å². The lowest BCUT2D eigenvalue weighted by Gasteiger charge is -2.25. The van der Waals surface area contributed by atoms with Crippen molar-refractivity contribution in [1.82, 2.24) is 10.2 Å². The summed E-state index contributed by atoms with van der Waals surface area (Å²) in [5, 5.41) is 10.5. The van der Waals surface area contributed by atoms with E-state index in [2.05, 4.69) is 20.3 Å². The van der Waals surface area contributed by atoms with Crippen LogP contribution in [0.2, 0.25) is 10.0 Å². The number of thioether (sulfide) groups is 1. The number of aromatic nitrogens is 2. The Balaban J connectivity index is 1.85. The molecule has 0 spiro atoms. The van der Waals surface area contributed by atoms with E-state index in [0.717, 1.165) is 33.0 Å². The van der Waals surface area contributed by atoms with Gasteiger partial charge >= 0.3 is 5.97 Å². The summed E-state index contributed by atoms with van der Waals surface area (Å²) in [6.07, 6.45) is 0.